The van der Waals surface area contributed by atoms with Crippen LogP contribution in [0.5, 0.6) is 0 Å². The van der Waals surface area contributed by atoms with Gasteiger partial charge in [0.05, 0.1) is 0 Å². The van der Waals surface area contributed by atoms with E-state index in [1.165, 1.54) is 0 Å². The fraction of sp³-hybridized carbons (Fsp3) is 0.467. The maximum atomic E-state index is 12.1. The number of likely N-dealkylation sites (N-methyl/N-ethyl adjacent to an activating group) is 1. The van der Waals surface area contributed by atoms with E-state index in [2.05, 4.69) is 15.4 Å². The molecule has 1 fully saturated rings. The number of rotatable bonds is 4. The van der Waals surface area contributed by atoms with Crippen LogP contribution < -0.4 is 5.32 Å². The monoisotopic (exact) mass is 304 g/mol. The summed E-state index contributed by atoms with van der Waals surface area (Å²) in [5, 5.41) is 5.23. The van der Waals surface area contributed by atoms with Gasteiger partial charge < -0.3 is 15.1 Å². The van der Waals surface area contributed by atoms with E-state index in [0.717, 1.165) is 31.7 Å². The van der Waals surface area contributed by atoms with Crippen LogP contribution in [0.15, 0.2) is 29.4 Å². The van der Waals surface area contributed by atoms with Crippen molar-refractivity contribution in [2.75, 3.05) is 38.5 Å². The zero-order chi connectivity index (χ0) is 15.9. The van der Waals surface area contributed by atoms with Gasteiger partial charge in [0, 0.05) is 43.5 Å². The van der Waals surface area contributed by atoms with Crippen molar-refractivity contribution in [1.29, 1.82) is 0 Å². The molecule has 0 atom stereocenters. The lowest BCUT2D eigenvalue weighted by Crippen LogP contribution is -2.48. The summed E-state index contributed by atoms with van der Waals surface area (Å²) in [7, 11) is 2.04. The molecular formula is C15H20N4O3. The molecule has 2 rings (SSSR count). The highest BCUT2D eigenvalue weighted by Gasteiger charge is 2.18. The van der Waals surface area contributed by atoms with Crippen molar-refractivity contribution in [3.63, 3.8) is 0 Å². The number of nitroso groups, excluding NO2 is 1. The normalized spacial score (nSPS) is 15.4. The van der Waals surface area contributed by atoms with Crippen molar-refractivity contribution in [3.05, 3.63) is 34.7 Å². The standard InChI is InChI=1S/C15H20N4O3/c1-18-8-10-19(11-9-18)15(21)16-13-5-2-12(3-6-13)4-7-14(20)17-22/h2-3,5-6H,4,7-11H2,1H3,(H,16,21). The number of nitrogens with zero attached hydrogens (tertiary/aromatic N) is 3. The van der Waals surface area contributed by atoms with Crippen molar-refractivity contribution < 1.29 is 9.59 Å². The molecule has 1 aromatic rings. The van der Waals surface area contributed by atoms with Gasteiger partial charge in [0.15, 0.2) is 0 Å². The quantitative estimate of drug-likeness (QED) is 0.858. The fourth-order valence-corrected chi connectivity index (χ4v) is 2.26. The molecule has 1 aliphatic heterocycles. The summed E-state index contributed by atoms with van der Waals surface area (Å²) in [4.78, 5) is 37.0. The second kappa shape index (κ2) is 7.65. The zero-order valence-corrected chi connectivity index (χ0v) is 12.6. The fourth-order valence-electron chi connectivity index (χ4n) is 2.26. The lowest BCUT2D eigenvalue weighted by atomic mass is 10.1. The second-order valence-corrected chi connectivity index (χ2v) is 5.40. The maximum Gasteiger partial charge on any atom is 0.321 e. The van der Waals surface area contributed by atoms with Crippen molar-refractivity contribution in [3.8, 4) is 0 Å². The number of carbonyl (C=O) groups is 2. The van der Waals surface area contributed by atoms with Gasteiger partial charge in [0.2, 0.25) is 0 Å². The Morgan fingerprint density at radius 1 is 1.14 bits per heavy atom. The molecule has 0 aliphatic carbocycles. The number of piperazine rings is 1. The first kappa shape index (κ1) is 16.1. The minimum Gasteiger partial charge on any atom is -0.322 e. The third-order valence-corrected chi connectivity index (χ3v) is 3.73. The Morgan fingerprint density at radius 3 is 2.36 bits per heavy atom. The van der Waals surface area contributed by atoms with E-state index in [9.17, 15) is 14.5 Å². The summed E-state index contributed by atoms with van der Waals surface area (Å²) < 4.78 is 0. The topological polar surface area (TPSA) is 82.1 Å². The molecule has 0 bridgehead atoms. The van der Waals surface area contributed by atoms with E-state index in [0.29, 0.717) is 12.1 Å². The van der Waals surface area contributed by atoms with Crippen molar-refractivity contribution in [2.24, 2.45) is 5.18 Å². The number of amides is 3. The van der Waals surface area contributed by atoms with Gasteiger partial charge in [-0.25, -0.2) is 4.79 Å². The number of aryl methyl sites for hydroxylation is 1. The third-order valence-electron chi connectivity index (χ3n) is 3.73. The first-order chi connectivity index (χ1) is 10.6. The van der Waals surface area contributed by atoms with Crippen molar-refractivity contribution in [1.82, 2.24) is 9.80 Å². The molecule has 0 unspecified atom stereocenters. The van der Waals surface area contributed by atoms with Gasteiger partial charge in [-0.05, 0) is 31.2 Å². The average molecular weight is 304 g/mol. The van der Waals surface area contributed by atoms with Gasteiger partial charge in [0.25, 0.3) is 5.91 Å². The van der Waals surface area contributed by atoms with Crippen molar-refractivity contribution in [2.45, 2.75) is 12.8 Å². The summed E-state index contributed by atoms with van der Waals surface area (Å²) in [6.45, 7) is 3.21. The molecule has 118 valence electrons. The molecule has 7 heteroatoms. The molecular weight excluding hydrogens is 284 g/mol. The van der Waals surface area contributed by atoms with Gasteiger partial charge >= 0.3 is 6.03 Å². The van der Waals surface area contributed by atoms with Crippen LogP contribution in [-0.4, -0.2) is 55.0 Å². The molecule has 1 aliphatic rings. The Balaban J connectivity index is 1.84. The molecule has 1 N–H and O–H groups in total. The molecule has 0 spiro atoms. The van der Waals surface area contributed by atoms with E-state index in [-0.39, 0.29) is 12.5 Å². The van der Waals surface area contributed by atoms with E-state index >= 15 is 0 Å². The lowest BCUT2D eigenvalue weighted by molar-refractivity contribution is -0.117. The van der Waals surface area contributed by atoms with E-state index in [4.69, 9.17) is 0 Å². The highest BCUT2D eigenvalue weighted by molar-refractivity contribution is 5.89. The van der Waals surface area contributed by atoms with Crippen LogP contribution in [0.3, 0.4) is 0 Å². The van der Waals surface area contributed by atoms with Gasteiger partial charge in [0.1, 0.15) is 0 Å². The number of anilines is 1. The van der Waals surface area contributed by atoms with Crippen molar-refractivity contribution >= 4 is 17.6 Å². The average Bonchev–Trinajstić information content (AvgIpc) is 2.54. The predicted molar refractivity (Wildman–Crippen MR) is 83.7 cm³/mol. The Hall–Kier alpha value is -2.28. The maximum absolute atomic E-state index is 12.1. The number of benzene rings is 1. The van der Waals surface area contributed by atoms with E-state index in [1.807, 2.05) is 19.2 Å². The van der Waals surface area contributed by atoms with Crippen LogP contribution in [-0.2, 0) is 11.2 Å². The van der Waals surface area contributed by atoms with Gasteiger partial charge in [-0.2, -0.15) is 0 Å². The van der Waals surface area contributed by atoms with Gasteiger partial charge in [-0.3, -0.25) is 4.79 Å². The summed E-state index contributed by atoms with van der Waals surface area (Å²) >= 11 is 0. The lowest BCUT2D eigenvalue weighted by Gasteiger charge is -2.32. The molecule has 1 saturated heterocycles. The zero-order valence-electron chi connectivity index (χ0n) is 12.6. The van der Waals surface area contributed by atoms with Gasteiger partial charge in [-0.1, -0.05) is 12.1 Å². The van der Waals surface area contributed by atoms with Crippen LogP contribution in [0.4, 0.5) is 10.5 Å². The van der Waals surface area contributed by atoms with Crippen LogP contribution in [0.2, 0.25) is 0 Å². The highest BCUT2D eigenvalue weighted by Crippen LogP contribution is 2.12. The summed E-state index contributed by atoms with van der Waals surface area (Å²) in [6.07, 6.45) is 0.577. The summed E-state index contributed by atoms with van der Waals surface area (Å²) in [5.74, 6) is -0.646. The van der Waals surface area contributed by atoms with Gasteiger partial charge in [-0.15, -0.1) is 4.91 Å². The molecule has 0 radical (unpaired) electrons. The molecule has 1 aromatic carbocycles. The molecule has 22 heavy (non-hydrogen) atoms. The Kier molecular flexibility index (Phi) is 5.60. The first-order valence-electron chi connectivity index (χ1n) is 7.28. The Labute approximate surface area is 129 Å². The highest BCUT2D eigenvalue weighted by atomic mass is 16.3. The third kappa shape index (κ3) is 4.63. The minimum atomic E-state index is -0.646. The smallest absolute Gasteiger partial charge is 0.321 e. The largest absolute Gasteiger partial charge is 0.322 e. The van der Waals surface area contributed by atoms with E-state index in [1.54, 1.807) is 17.0 Å². The van der Waals surface area contributed by atoms with Crippen LogP contribution >= 0.6 is 0 Å². The number of urea groups is 1. The molecule has 1 heterocycles. The number of hydrogen-bond acceptors (Lipinski definition) is 4. The van der Waals surface area contributed by atoms with E-state index < -0.39 is 5.91 Å². The number of carbonyl (C=O) groups excluding carboxylic acids is 2. The number of hydrogen-bond donors (Lipinski definition) is 1. The van der Waals surface area contributed by atoms with Crippen LogP contribution in [0, 0.1) is 4.91 Å². The second-order valence-electron chi connectivity index (χ2n) is 5.40. The van der Waals surface area contributed by atoms with Crippen LogP contribution in [0.1, 0.15) is 12.0 Å². The van der Waals surface area contributed by atoms with Crippen LogP contribution in [0.25, 0.3) is 0 Å². The molecule has 0 aromatic heterocycles. The first-order valence-corrected chi connectivity index (χ1v) is 7.28. The SMILES string of the molecule is CN1CCN(C(=O)Nc2ccc(CCC(=O)N=O)cc2)CC1. The summed E-state index contributed by atoms with van der Waals surface area (Å²) in [5.41, 5.74) is 1.64. The molecule has 0 saturated carbocycles. The Morgan fingerprint density at radius 2 is 1.77 bits per heavy atom. The predicted octanol–water partition coefficient (Wildman–Crippen LogP) is 1.69. The Bertz CT molecular complexity index is 536. The molecule has 3 amide bonds. The molecule has 7 nitrogen and oxygen atoms in total. The minimum absolute atomic E-state index is 0.0961. The summed E-state index contributed by atoms with van der Waals surface area (Å²) in [6, 6.07) is 7.15. The number of nitrogens with one attached hydrogen (secondary N) is 1.